The monoisotopic (exact) mass is 305 g/mol. The zero-order valence-electron chi connectivity index (χ0n) is 7.87. The Kier molecular flexibility index (Phi) is 4.34. The lowest BCUT2D eigenvalue weighted by Gasteiger charge is -2.10. The summed E-state index contributed by atoms with van der Waals surface area (Å²) in [6, 6.07) is 7.50. The van der Waals surface area contributed by atoms with E-state index in [2.05, 4.69) is 27.3 Å². The first-order valence-corrected chi connectivity index (χ1v) is 5.29. The number of hydrogen-bond donors (Lipinski definition) is 1. The van der Waals surface area contributed by atoms with Gasteiger partial charge in [-0.3, -0.25) is 4.79 Å². The summed E-state index contributed by atoms with van der Waals surface area (Å²) in [5, 5.41) is 0. The lowest BCUT2D eigenvalue weighted by Crippen LogP contribution is -2.16. The lowest BCUT2D eigenvalue weighted by atomic mass is 10.1. The Bertz CT molecular complexity index is 328. The molecule has 76 valence electrons. The van der Waals surface area contributed by atoms with E-state index in [1.165, 1.54) is 7.11 Å². The van der Waals surface area contributed by atoms with Gasteiger partial charge >= 0.3 is 5.97 Å². The molecule has 1 atom stereocenters. The molecule has 14 heavy (non-hydrogen) atoms. The highest BCUT2D eigenvalue weighted by atomic mass is 127. The Hall–Kier alpha value is -0.620. The maximum atomic E-state index is 11.0. The van der Waals surface area contributed by atoms with Crippen molar-refractivity contribution in [3.05, 3.63) is 33.4 Å². The quantitative estimate of drug-likeness (QED) is 0.685. The number of halogens is 1. The van der Waals surface area contributed by atoms with Gasteiger partial charge in [0, 0.05) is 9.61 Å². The number of esters is 1. The van der Waals surface area contributed by atoms with Gasteiger partial charge in [0.05, 0.1) is 13.5 Å². The summed E-state index contributed by atoms with van der Waals surface area (Å²) < 4.78 is 5.66. The van der Waals surface area contributed by atoms with Crippen molar-refractivity contribution < 1.29 is 9.53 Å². The zero-order valence-corrected chi connectivity index (χ0v) is 10.0. The first kappa shape index (κ1) is 11.5. The number of ether oxygens (including phenoxy) is 1. The van der Waals surface area contributed by atoms with Crippen molar-refractivity contribution in [2.24, 2.45) is 5.73 Å². The molecule has 1 rings (SSSR count). The Balaban J connectivity index is 2.69. The summed E-state index contributed by atoms with van der Waals surface area (Å²) in [4.78, 5) is 11.0. The van der Waals surface area contributed by atoms with E-state index in [4.69, 9.17) is 5.73 Å². The molecular formula is C10H12INO2. The average molecular weight is 305 g/mol. The highest BCUT2D eigenvalue weighted by molar-refractivity contribution is 14.1. The van der Waals surface area contributed by atoms with E-state index in [1.807, 2.05) is 24.3 Å². The van der Waals surface area contributed by atoms with E-state index in [1.54, 1.807) is 0 Å². The number of methoxy groups -OCH3 is 1. The van der Waals surface area contributed by atoms with Gasteiger partial charge in [-0.25, -0.2) is 0 Å². The minimum atomic E-state index is -0.281. The van der Waals surface area contributed by atoms with Crippen molar-refractivity contribution in [3.63, 3.8) is 0 Å². The van der Waals surface area contributed by atoms with Crippen LogP contribution in [0.5, 0.6) is 0 Å². The molecule has 0 aliphatic carbocycles. The SMILES string of the molecule is COC(=O)CC(N)c1cccc(I)c1. The summed E-state index contributed by atoms with van der Waals surface area (Å²) >= 11 is 2.21. The molecule has 0 heterocycles. The van der Waals surface area contributed by atoms with Gasteiger partial charge in [0.15, 0.2) is 0 Å². The minimum Gasteiger partial charge on any atom is -0.469 e. The smallest absolute Gasteiger partial charge is 0.307 e. The van der Waals surface area contributed by atoms with Crippen LogP contribution < -0.4 is 5.73 Å². The first-order valence-electron chi connectivity index (χ1n) is 4.21. The van der Waals surface area contributed by atoms with Crippen LogP contribution in [-0.4, -0.2) is 13.1 Å². The van der Waals surface area contributed by atoms with Gasteiger partial charge in [-0.1, -0.05) is 12.1 Å². The van der Waals surface area contributed by atoms with E-state index >= 15 is 0 Å². The number of nitrogens with two attached hydrogens (primary N) is 1. The number of benzene rings is 1. The van der Waals surface area contributed by atoms with Crippen LogP contribution in [0.3, 0.4) is 0 Å². The highest BCUT2D eigenvalue weighted by Gasteiger charge is 2.11. The fourth-order valence-electron chi connectivity index (χ4n) is 1.12. The first-order chi connectivity index (χ1) is 6.63. The third-order valence-corrected chi connectivity index (χ3v) is 2.56. The molecule has 1 aromatic carbocycles. The van der Waals surface area contributed by atoms with Crippen LogP contribution in [0.15, 0.2) is 24.3 Å². The largest absolute Gasteiger partial charge is 0.469 e. The molecule has 0 bridgehead atoms. The maximum Gasteiger partial charge on any atom is 0.307 e. The summed E-state index contributed by atoms with van der Waals surface area (Å²) in [6.45, 7) is 0. The van der Waals surface area contributed by atoms with Crippen LogP contribution in [0.25, 0.3) is 0 Å². The summed E-state index contributed by atoms with van der Waals surface area (Å²) in [7, 11) is 1.36. The van der Waals surface area contributed by atoms with Crippen LogP contribution in [-0.2, 0) is 9.53 Å². The maximum absolute atomic E-state index is 11.0. The van der Waals surface area contributed by atoms with Crippen molar-refractivity contribution in [2.75, 3.05) is 7.11 Å². The molecule has 0 saturated carbocycles. The van der Waals surface area contributed by atoms with Crippen molar-refractivity contribution in [2.45, 2.75) is 12.5 Å². The van der Waals surface area contributed by atoms with Gasteiger partial charge in [-0.2, -0.15) is 0 Å². The Morgan fingerprint density at radius 2 is 2.36 bits per heavy atom. The second kappa shape index (κ2) is 5.31. The summed E-state index contributed by atoms with van der Waals surface area (Å²) in [5.41, 5.74) is 6.80. The number of hydrogen-bond acceptors (Lipinski definition) is 3. The van der Waals surface area contributed by atoms with Crippen LogP contribution in [0.4, 0.5) is 0 Å². The second-order valence-corrected chi connectivity index (χ2v) is 4.19. The van der Waals surface area contributed by atoms with Crippen LogP contribution in [0.2, 0.25) is 0 Å². The van der Waals surface area contributed by atoms with Gasteiger partial charge in [0.1, 0.15) is 0 Å². The molecule has 0 radical (unpaired) electrons. The van der Waals surface area contributed by atoms with Gasteiger partial charge in [-0.05, 0) is 40.3 Å². The molecule has 0 amide bonds. The number of carbonyl (C=O) groups excluding carboxylic acids is 1. The molecule has 0 saturated heterocycles. The predicted molar refractivity (Wildman–Crippen MR) is 62.7 cm³/mol. The molecule has 2 N–H and O–H groups in total. The van der Waals surface area contributed by atoms with Crippen LogP contribution >= 0.6 is 22.6 Å². The normalized spacial score (nSPS) is 12.2. The summed E-state index contributed by atoms with van der Waals surface area (Å²) in [6.07, 6.45) is 0.219. The Morgan fingerprint density at radius 1 is 1.64 bits per heavy atom. The van der Waals surface area contributed by atoms with Crippen molar-refractivity contribution in [1.29, 1.82) is 0 Å². The average Bonchev–Trinajstić information content (AvgIpc) is 2.17. The highest BCUT2D eigenvalue weighted by Crippen LogP contribution is 2.16. The fraction of sp³-hybridized carbons (Fsp3) is 0.300. The topological polar surface area (TPSA) is 52.3 Å². The van der Waals surface area contributed by atoms with E-state index in [0.717, 1.165) is 9.13 Å². The molecule has 0 aromatic heterocycles. The number of carbonyl (C=O) groups is 1. The van der Waals surface area contributed by atoms with Gasteiger partial charge in [-0.15, -0.1) is 0 Å². The third kappa shape index (κ3) is 3.26. The van der Waals surface area contributed by atoms with E-state index in [0.29, 0.717) is 0 Å². The van der Waals surface area contributed by atoms with E-state index < -0.39 is 0 Å². The van der Waals surface area contributed by atoms with Crippen LogP contribution in [0, 0.1) is 3.57 Å². The molecule has 0 spiro atoms. The van der Waals surface area contributed by atoms with Gasteiger partial charge in [0.2, 0.25) is 0 Å². The molecule has 3 nitrogen and oxygen atoms in total. The molecule has 0 aliphatic rings. The van der Waals surface area contributed by atoms with E-state index in [-0.39, 0.29) is 18.4 Å². The second-order valence-electron chi connectivity index (χ2n) is 2.94. The molecule has 1 unspecified atom stereocenters. The fourth-order valence-corrected chi connectivity index (χ4v) is 1.69. The zero-order chi connectivity index (χ0) is 10.6. The predicted octanol–water partition coefficient (Wildman–Crippen LogP) is 1.85. The Labute approximate surface area is 96.8 Å². The third-order valence-electron chi connectivity index (χ3n) is 1.89. The van der Waals surface area contributed by atoms with Crippen molar-refractivity contribution in [3.8, 4) is 0 Å². The standard InChI is InChI=1S/C10H12INO2/c1-14-10(13)6-9(12)7-3-2-4-8(11)5-7/h2-5,9H,6,12H2,1H3. The van der Waals surface area contributed by atoms with E-state index in [9.17, 15) is 4.79 Å². The van der Waals surface area contributed by atoms with Crippen molar-refractivity contribution >= 4 is 28.6 Å². The summed E-state index contributed by atoms with van der Waals surface area (Å²) in [5.74, 6) is -0.281. The molecule has 1 aromatic rings. The minimum absolute atomic E-state index is 0.219. The van der Waals surface area contributed by atoms with Crippen molar-refractivity contribution in [1.82, 2.24) is 0 Å². The number of rotatable bonds is 3. The van der Waals surface area contributed by atoms with Gasteiger partial charge in [0.25, 0.3) is 0 Å². The Morgan fingerprint density at radius 3 is 2.93 bits per heavy atom. The lowest BCUT2D eigenvalue weighted by molar-refractivity contribution is -0.141. The molecule has 0 fully saturated rings. The van der Waals surface area contributed by atoms with Crippen LogP contribution in [0.1, 0.15) is 18.0 Å². The molecule has 0 aliphatic heterocycles. The van der Waals surface area contributed by atoms with Gasteiger partial charge < -0.3 is 10.5 Å². The molecular weight excluding hydrogens is 293 g/mol. The molecule has 4 heteroatoms.